The summed E-state index contributed by atoms with van der Waals surface area (Å²) in [4.78, 5) is 24.6. The summed E-state index contributed by atoms with van der Waals surface area (Å²) in [5, 5.41) is 0. The van der Waals surface area contributed by atoms with E-state index in [-0.39, 0.29) is 24.3 Å². The van der Waals surface area contributed by atoms with Gasteiger partial charge < -0.3 is 4.74 Å². The molecule has 0 aromatic carbocycles. The van der Waals surface area contributed by atoms with Crippen LogP contribution in [0.1, 0.15) is 33.1 Å². The molecule has 4 nitrogen and oxygen atoms in total. The molecule has 1 unspecified atom stereocenters. The number of carbonyl (C=O) groups is 2. The molecule has 1 fully saturated rings. The van der Waals surface area contributed by atoms with Crippen LogP contribution in [0, 0.1) is 0 Å². The van der Waals surface area contributed by atoms with Crippen molar-refractivity contribution in [2.45, 2.75) is 39.2 Å². The molecule has 0 amide bonds. The molecule has 1 heterocycles. The fraction of sp³-hybridized carbons (Fsp3) is 0.818. The number of ether oxygens (including phenoxy) is 1. The molecule has 1 aliphatic heterocycles. The standard InChI is InChI=1S/C11H19NO3/c1-3-15-11(14)8-12-7-5-4-6-10(12)9(2)13/h10H,3-8H2,1-2H3. The number of Topliss-reactive ketones (excluding diaryl/α,β-unsaturated/α-hetero) is 1. The van der Waals surface area contributed by atoms with Crippen molar-refractivity contribution < 1.29 is 14.3 Å². The third-order valence-corrected chi connectivity index (χ3v) is 2.72. The van der Waals surface area contributed by atoms with Crippen LogP contribution in [0.15, 0.2) is 0 Å². The summed E-state index contributed by atoms with van der Waals surface area (Å²) in [6.45, 7) is 4.85. The second-order valence-corrected chi connectivity index (χ2v) is 3.90. The van der Waals surface area contributed by atoms with Gasteiger partial charge in [0.1, 0.15) is 5.78 Å². The first-order chi connectivity index (χ1) is 7.15. The van der Waals surface area contributed by atoms with E-state index in [4.69, 9.17) is 4.74 Å². The lowest BCUT2D eigenvalue weighted by Gasteiger charge is -2.32. The third kappa shape index (κ3) is 3.63. The van der Waals surface area contributed by atoms with Gasteiger partial charge >= 0.3 is 5.97 Å². The quantitative estimate of drug-likeness (QED) is 0.653. The summed E-state index contributed by atoms with van der Waals surface area (Å²) in [7, 11) is 0. The number of piperidine rings is 1. The van der Waals surface area contributed by atoms with Crippen molar-refractivity contribution in [1.29, 1.82) is 0 Å². The van der Waals surface area contributed by atoms with Gasteiger partial charge in [0, 0.05) is 0 Å². The second kappa shape index (κ2) is 5.85. The van der Waals surface area contributed by atoms with Gasteiger partial charge in [0.2, 0.25) is 0 Å². The first-order valence-corrected chi connectivity index (χ1v) is 5.55. The summed E-state index contributed by atoms with van der Waals surface area (Å²) >= 11 is 0. The van der Waals surface area contributed by atoms with E-state index >= 15 is 0 Å². The van der Waals surface area contributed by atoms with Crippen LogP contribution in [0.4, 0.5) is 0 Å². The maximum Gasteiger partial charge on any atom is 0.320 e. The molecular weight excluding hydrogens is 194 g/mol. The lowest BCUT2D eigenvalue weighted by Crippen LogP contribution is -2.46. The number of ketones is 1. The van der Waals surface area contributed by atoms with E-state index < -0.39 is 0 Å². The molecule has 1 rings (SSSR count). The first kappa shape index (κ1) is 12.2. The highest BCUT2D eigenvalue weighted by molar-refractivity contribution is 5.82. The number of esters is 1. The van der Waals surface area contributed by atoms with Crippen LogP contribution in [-0.4, -0.2) is 42.4 Å². The fourth-order valence-corrected chi connectivity index (χ4v) is 2.01. The van der Waals surface area contributed by atoms with Crippen molar-refractivity contribution in [3.8, 4) is 0 Å². The number of hydrogen-bond acceptors (Lipinski definition) is 4. The Kier molecular flexibility index (Phi) is 4.75. The van der Waals surface area contributed by atoms with E-state index in [9.17, 15) is 9.59 Å². The molecule has 0 N–H and O–H groups in total. The number of hydrogen-bond donors (Lipinski definition) is 0. The molecule has 4 heteroatoms. The maximum atomic E-state index is 11.4. The normalized spacial score (nSPS) is 22.4. The highest BCUT2D eigenvalue weighted by Gasteiger charge is 2.27. The van der Waals surface area contributed by atoms with Gasteiger partial charge in [-0.15, -0.1) is 0 Å². The minimum absolute atomic E-state index is 0.0804. The molecule has 0 saturated carbocycles. The topological polar surface area (TPSA) is 46.6 Å². The minimum Gasteiger partial charge on any atom is -0.465 e. The van der Waals surface area contributed by atoms with E-state index in [1.165, 1.54) is 0 Å². The Morgan fingerprint density at radius 2 is 2.13 bits per heavy atom. The van der Waals surface area contributed by atoms with Crippen LogP contribution in [-0.2, 0) is 14.3 Å². The van der Waals surface area contributed by atoms with Crippen molar-refractivity contribution in [3.05, 3.63) is 0 Å². The van der Waals surface area contributed by atoms with Gasteiger partial charge in [-0.3, -0.25) is 14.5 Å². The third-order valence-electron chi connectivity index (χ3n) is 2.72. The smallest absolute Gasteiger partial charge is 0.320 e. The molecule has 0 aromatic rings. The number of likely N-dealkylation sites (tertiary alicyclic amines) is 1. The van der Waals surface area contributed by atoms with Crippen LogP contribution >= 0.6 is 0 Å². The highest BCUT2D eigenvalue weighted by atomic mass is 16.5. The van der Waals surface area contributed by atoms with Crippen LogP contribution < -0.4 is 0 Å². The Labute approximate surface area is 90.6 Å². The number of carbonyl (C=O) groups excluding carboxylic acids is 2. The lowest BCUT2D eigenvalue weighted by atomic mass is 9.99. The molecule has 0 spiro atoms. The maximum absolute atomic E-state index is 11.4. The Hall–Kier alpha value is -0.900. The van der Waals surface area contributed by atoms with E-state index in [0.29, 0.717) is 6.61 Å². The second-order valence-electron chi connectivity index (χ2n) is 3.90. The zero-order valence-corrected chi connectivity index (χ0v) is 9.49. The predicted molar refractivity (Wildman–Crippen MR) is 56.5 cm³/mol. The van der Waals surface area contributed by atoms with Crippen LogP contribution in [0.3, 0.4) is 0 Å². The van der Waals surface area contributed by atoms with Crippen molar-refractivity contribution in [2.24, 2.45) is 0 Å². The number of rotatable bonds is 4. The largest absolute Gasteiger partial charge is 0.465 e. The van der Waals surface area contributed by atoms with E-state index in [1.807, 2.05) is 4.90 Å². The Balaban J connectivity index is 2.49. The predicted octanol–water partition coefficient (Wildman–Crippen LogP) is 0.993. The Bertz CT molecular complexity index is 240. The SMILES string of the molecule is CCOC(=O)CN1CCCCC1C(C)=O. The summed E-state index contributed by atoms with van der Waals surface area (Å²) < 4.78 is 4.88. The average Bonchev–Trinajstić information content (AvgIpc) is 2.18. The van der Waals surface area contributed by atoms with Gasteiger partial charge in [-0.05, 0) is 33.2 Å². The molecule has 15 heavy (non-hydrogen) atoms. The van der Waals surface area contributed by atoms with Gasteiger partial charge in [-0.25, -0.2) is 0 Å². The minimum atomic E-state index is -0.231. The molecule has 86 valence electrons. The molecule has 1 aliphatic rings. The summed E-state index contributed by atoms with van der Waals surface area (Å²) in [5.74, 6) is -0.0790. The molecule has 1 saturated heterocycles. The highest BCUT2D eigenvalue weighted by Crippen LogP contribution is 2.17. The van der Waals surface area contributed by atoms with E-state index in [2.05, 4.69) is 0 Å². The van der Waals surface area contributed by atoms with Gasteiger partial charge in [-0.2, -0.15) is 0 Å². The monoisotopic (exact) mass is 213 g/mol. The molecule has 0 aliphatic carbocycles. The zero-order valence-electron chi connectivity index (χ0n) is 9.49. The van der Waals surface area contributed by atoms with E-state index in [0.717, 1.165) is 25.8 Å². The molecule has 0 radical (unpaired) electrons. The van der Waals surface area contributed by atoms with Crippen LogP contribution in [0.5, 0.6) is 0 Å². The van der Waals surface area contributed by atoms with Crippen LogP contribution in [0.2, 0.25) is 0 Å². The van der Waals surface area contributed by atoms with Crippen molar-refractivity contribution >= 4 is 11.8 Å². The number of nitrogens with zero attached hydrogens (tertiary/aromatic N) is 1. The van der Waals surface area contributed by atoms with E-state index in [1.54, 1.807) is 13.8 Å². The van der Waals surface area contributed by atoms with Gasteiger partial charge in [0.15, 0.2) is 0 Å². The Morgan fingerprint density at radius 1 is 1.40 bits per heavy atom. The molecular formula is C11H19NO3. The Morgan fingerprint density at radius 3 is 2.73 bits per heavy atom. The fourth-order valence-electron chi connectivity index (χ4n) is 2.01. The van der Waals surface area contributed by atoms with Crippen molar-refractivity contribution in [3.63, 3.8) is 0 Å². The van der Waals surface area contributed by atoms with Gasteiger partial charge in [0.05, 0.1) is 19.2 Å². The molecule has 0 aromatic heterocycles. The average molecular weight is 213 g/mol. The van der Waals surface area contributed by atoms with Gasteiger partial charge in [0.25, 0.3) is 0 Å². The summed E-state index contributed by atoms with van der Waals surface area (Å²) in [6.07, 6.45) is 3.00. The van der Waals surface area contributed by atoms with Crippen molar-refractivity contribution in [2.75, 3.05) is 19.7 Å². The lowest BCUT2D eigenvalue weighted by molar-refractivity contribution is -0.146. The summed E-state index contributed by atoms with van der Waals surface area (Å²) in [6, 6.07) is -0.0804. The van der Waals surface area contributed by atoms with Crippen molar-refractivity contribution in [1.82, 2.24) is 4.90 Å². The zero-order chi connectivity index (χ0) is 11.3. The van der Waals surface area contributed by atoms with Gasteiger partial charge in [-0.1, -0.05) is 6.42 Å². The molecule has 0 bridgehead atoms. The van der Waals surface area contributed by atoms with Crippen LogP contribution in [0.25, 0.3) is 0 Å². The summed E-state index contributed by atoms with van der Waals surface area (Å²) in [5.41, 5.74) is 0. The molecule has 1 atom stereocenters. The first-order valence-electron chi connectivity index (χ1n) is 5.55.